The monoisotopic (exact) mass is 758 g/mol. The van der Waals surface area contributed by atoms with Crippen LogP contribution < -0.4 is 14.9 Å². The molecule has 1 aliphatic rings. The van der Waals surface area contributed by atoms with Gasteiger partial charge in [0.25, 0.3) is 11.8 Å². The molecule has 0 radical (unpaired) electrons. The Bertz CT molecular complexity index is 2370. The molecule has 286 valence electrons. The Balaban J connectivity index is 0.830. The van der Waals surface area contributed by atoms with Crippen LogP contribution in [-0.2, 0) is 33.8 Å². The van der Waals surface area contributed by atoms with Crippen LogP contribution in [-0.4, -0.2) is 84.4 Å². The first-order valence-corrected chi connectivity index (χ1v) is 18.0. The number of imide groups is 1. The summed E-state index contributed by atoms with van der Waals surface area (Å²) in [5.74, 6) is -0.105. The minimum absolute atomic E-state index is 0.0289. The van der Waals surface area contributed by atoms with Crippen LogP contribution in [0.1, 0.15) is 42.3 Å². The van der Waals surface area contributed by atoms with Gasteiger partial charge in [-0.25, -0.2) is 9.48 Å². The molecule has 2 amide bonds. The van der Waals surface area contributed by atoms with Crippen LogP contribution >= 0.6 is 0 Å². The van der Waals surface area contributed by atoms with E-state index in [1.807, 2.05) is 0 Å². The summed E-state index contributed by atoms with van der Waals surface area (Å²) in [5, 5.41) is 8.65. The van der Waals surface area contributed by atoms with Gasteiger partial charge in [0.15, 0.2) is 5.76 Å². The first-order chi connectivity index (χ1) is 27.4. The summed E-state index contributed by atoms with van der Waals surface area (Å²) in [6, 6.07) is 27.7. The highest BCUT2D eigenvalue weighted by Crippen LogP contribution is 2.32. The fourth-order valence-electron chi connectivity index (χ4n) is 6.14. The molecule has 0 spiro atoms. The number of benzene rings is 4. The predicted molar refractivity (Wildman–Crippen MR) is 203 cm³/mol. The SMILES string of the molecule is COC(=O)c1cccc(COc2c(-c3ccc(OCCOCCOCCn4cc(CCN5C(=O)c6ccccc6C5=O)nn4)cc3)oc3ccccc3c2=O)c1. The molecule has 14 heteroatoms. The van der Waals surface area contributed by atoms with Gasteiger partial charge in [-0.15, -0.1) is 5.10 Å². The summed E-state index contributed by atoms with van der Waals surface area (Å²) in [7, 11) is 1.32. The van der Waals surface area contributed by atoms with Crippen LogP contribution in [0, 0.1) is 0 Å². The second-order valence-electron chi connectivity index (χ2n) is 12.7. The van der Waals surface area contributed by atoms with E-state index in [1.165, 1.54) is 12.0 Å². The van der Waals surface area contributed by atoms with Gasteiger partial charge in [0, 0.05) is 24.7 Å². The van der Waals surface area contributed by atoms with Gasteiger partial charge in [0.2, 0.25) is 11.2 Å². The van der Waals surface area contributed by atoms with E-state index in [9.17, 15) is 19.2 Å². The van der Waals surface area contributed by atoms with E-state index in [1.54, 1.807) is 108 Å². The average Bonchev–Trinajstić information content (AvgIpc) is 3.79. The molecule has 1 aliphatic heterocycles. The van der Waals surface area contributed by atoms with Crippen molar-refractivity contribution in [2.75, 3.05) is 46.7 Å². The molecule has 0 aliphatic carbocycles. The second kappa shape index (κ2) is 17.7. The van der Waals surface area contributed by atoms with Gasteiger partial charge in [-0.1, -0.05) is 41.6 Å². The minimum Gasteiger partial charge on any atom is -0.491 e. The molecule has 2 aromatic heterocycles. The molecule has 56 heavy (non-hydrogen) atoms. The summed E-state index contributed by atoms with van der Waals surface area (Å²) < 4.78 is 35.9. The van der Waals surface area contributed by atoms with Gasteiger partial charge in [0.05, 0.1) is 67.9 Å². The van der Waals surface area contributed by atoms with Gasteiger partial charge in [-0.3, -0.25) is 19.3 Å². The number of ether oxygens (including phenoxy) is 5. The number of fused-ring (bicyclic) bond motifs is 2. The van der Waals surface area contributed by atoms with Crippen molar-refractivity contribution in [1.29, 1.82) is 0 Å². The fraction of sp³-hybridized carbons (Fsp3) is 0.238. The van der Waals surface area contributed by atoms with Gasteiger partial charge in [0.1, 0.15) is 24.5 Å². The Morgan fingerprint density at radius 1 is 0.750 bits per heavy atom. The van der Waals surface area contributed by atoms with E-state index >= 15 is 0 Å². The molecule has 0 bridgehead atoms. The number of methoxy groups -OCH3 is 1. The quantitative estimate of drug-likeness (QED) is 0.0627. The van der Waals surface area contributed by atoms with Gasteiger partial charge < -0.3 is 28.1 Å². The molecule has 0 atom stereocenters. The lowest BCUT2D eigenvalue weighted by Gasteiger charge is -2.13. The number of carbonyl (C=O) groups is 3. The zero-order chi connectivity index (χ0) is 38.9. The van der Waals surface area contributed by atoms with Crippen molar-refractivity contribution in [2.24, 2.45) is 0 Å². The zero-order valence-corrected chi connectivity index (χ0v) is 30.6. The Morgan fingerprint density at radius 2 is 1.46 bits per heavy atom. The predicted octanol–water partition coefficient (Wildman–Crippen LogP) is 5.37. The van der Waals surface area contributed by atoms with Crippen LogP contribution in [0.2, 0.25) is 0 Å². The van der Waals surface area contributed by atoms with Crippen molar-refractivity contribution in [3.8, 4) is 22.8 Å². The standard InChI is InChI=1S/C42H38N4O10/c1-51-42(50)30-8-6-7-28(25-30)27-55-39-37(47)35-11-4-5-12-36(35)56-38(39)29-13-15-32(16-14-29)54-24-23-53-22-21-52-20-19-45-26-31(43-44-45)17-18-46-40(48)33-9-2-3-10-34(33)41(46)49/h2-16,25-26H,17-24,27H2,1H3. The molecule has 7 rings (SSSR count). The highest BCUT2D eigenvalue weighted by molar-refractivity contribution is 6.21. The van der Waals surface area contributed by atoms with Crippen molar-refractivity contribution in [3.63, 3.8) is 0 Å². The number of nitrogens with zero attached hydrogens (tertiary/aromatic N) is 4. The lowest BCUT2D eigenvalue weighted by molar-refractivity contribution is 0.0333. The number of amides is 2. The molecular formula is C42H38N4O10. The Morgan fingerprint density at radius 3 is 2.23 bits per heavy atom. The van der Waals surface area contributed by atoms with Gasteiger partial charge in [-0.05, 0) is 66.2 Å². The third-order valence-electron chi connectivity index (χ3n) is 8.99. The first kappa shape index (κ1) is 37.7. The second-order valence-corrected chi connectivity index (χ2v) is 12.7. The van der Waals surface area contributed by atoms with Crippen molar-refractivity contribution >= 4 is 28.8 Å². The largest absolute Gasteiger partial charge is 0.491 e. The van der Waals surface area contributed by atoms with E-state index in [2.05, 4.69) is 10.3 Å². The van der Waals surface area contributed by atoms with Crippen molar-refractivity contribution in [1.82, 2.24) is 19.9 Å². The number of para-hydroxylation sites is 1. The molecule has 6 aromatic rings. The summed E-state index contributed by atoms with van der Waals surface area (Å²) in [6.07, 6.45) is 2.19. The van der Waals surface area contributed by atoms with Crippen molar-refractivity contribution < 1.29 is 42.5 Å². The van der Waals surface area contributed by atoms with E-state index in [4.69, 9.17) is 28.1 Å². The summed E-state index contributed by atoms with van der Waals surface area (Å²) >= 11 is 0. The number of esters is 1. The Hall–Kier alpha value is -6.64. The van der Waals surface area contributed by atoms with E-state index < -0.39 is 5.97 Å². The maximum absolute atomic E-state index is 13.6. The average molecular weight is 759 g/mol. The summed E-state index contributed by atoms with van der Waals surface area (Å²) in [5.41, 5.74) is 3.33. The Kier molecular flexibility index (Phi) is 11.9. The van der Waals surface area contributed by atoms with E-state index in [0.29, 0.717) is 96.2 Å². The Labute approximate surface area is 321 Å². The minimum atomic E-state index is -0.466. The molecule has 0 unspecified atom stereocenters. The number of hydrogen-bond acceptors (Lipinski definition) is 12. The van der Waals surface area contributed by atoms with Crippen LogP contribution in [0.3, 0.4) is 0 Å². The molecule has 0 fully saturated rings. The molecular weight excluding hydrogens is 720 g/mol. The van der Waals surface area contributed by atoms with Crippen molar-refractivity contribution in [3.05, 3.63) is 141 Å². The number of carbonyl (C=O) groups excluding carboxylic acids is 3. The summed E-state index contributed by atoms with van der Waals surface area (Å²) in [4.78, 5) is 51.9. The van der Waals surface area contributed by atoms with E-state index in [0.717, 1.165) is 0 Å². The third kappa shape index (κ3) is 8.67. The first-order valence-electron chi connectivity index (χ1n) is 18.0. The lowest BCUT2D eigenvalue weighted by Crippen LogP contribution is -2.31. The number of hydrogen-bond donors (Lipinski definition) is 0. The normalized spacial score (nSPS) is 12.3. The van der Waals surface area contributed by atoms with Crippen LogP contribution in [0.15, 0.2) is 112 Å². The lowest BCUT2D eigenvalue weighted by atomic mass is 10.1. The molecule has 4 aromatic carbocycles. The maximum Gasteiger partial charge on any atom is 0.337 e. The zero-order valence-electron chi connectivity index (χ0n) is 30.6. The smallest absolute Gasteiger partial charge is 0.337 e. The van der Waals surface area contributed by atoms with Crippen LogP contribution in [0.4, 0.5) is 0 Å². The summed E-state index contributed by atoms with van der Waals surface area (Å²) in [6.45, 7) is 2.57. The fourth-order valence-corrected chi connectivity index (χ4v) is 6.14. The van der Waals surface area contributed by atoms with Crippen LogP contribution in [0.25, 0.3) is 22.3 Å². The number of rotatable bonds is 18. The highest BCUT2D eigenvalue weighted by Gasteiger charge is 2.34. The topological polar surface area (TPSA) is 162 Å². The molecule has 0 N–H and O–H groups in total. The maximum atomic E-state index is 13.6. The molecule has 3 heterocycles. The highest BCUT2D eigenvalue weighted by atomic mass is 16.5. The molecule has 0 saturated heterocycles. The van der Waals surface area contributed by atoms with E-state index in [-0.39, 0.29) is 41.9 Å². The molecule has 14 nitrogen and oxygen atoms in total. The van der Waals surface area contributed by atoms with Gasteiger partial charge in [-0.2, -0.15) is 0 Å². The number of aromatic nitrogens is 3. The molecule has 0 saturated carbocycles. The van der Waals surface area contributed by atoms with Gasteiger partial charge >= 0.3 is 5.97 Å². The van der Waals surface area contributed by atoms with Crippen LogP contribution in [0.5, 0.6) is 11.5 Å². The third-order valence-corrected chi connectivity index (χ3v) is 8.99. The van der Waals surface area contributed by atoms with Crippen molar-refractivity contribution in [2.45, 2.75) is 19.6 Å².